The molecule has 2 heterocycles. The van der Waals surface area contributed by atoms with Crippen molar-refractivity contribution in [2.45, 2.75) is 24.7 Å². The molecule has 0 radical (unpaired) electrons. The summed E-state index contributed by atoms with van der Waals surface area (Å²) < 4.78 is 40.5. The number of ether oxygens (including phenoxy) is 2. The quantitative estimate of drug-likeness (QED) is 0.566. The zero-order valence-corrected chi connectivity index (χ0v) is 19.0. The summed E-state index contributed by atoms with van der Waals surface area (Å²) in [5.74, 6) is 0.310. The first-order chi connectivity index (χ1) is 15.7. The van der Waals surface area contributed by atoms with Crippen LogP contribution in [0.1, 0.15) is 23.3 Å². The molecule has 4 rings (SSSR count). The molecule has 1 amide bonds. The first kappa shape index (κ1) is 22.3. The monoisotopic (exact) mass is 470 g/mol. The first-order valence-electron chi connectivity index (χ1n) is 10.0. The Morgan fingerprint density at radius 1 is 1.03 bits per heavy atom. The van der Waals surface area contributed by atoms with Gasteiger partial charge in [-0.25, -0.2) is 8.42 Å². The number of amides is 1. The summed E-state index contributed by atoms with van der Waals surface area (Å²) in [4.78, 5) is 24.4. The normalized spacial score (nSPS) is 13.7. The third-order valence-electron chi connectivity index (χ3n) is 5.20. The number of carbonyl (C=O) groups is 2. The van der Waals surface area contributed by atoms with Crippen LogP contribution in [0.4, 0.5) is 11.5 Å². The minimum absolute atomic E-state index is 0.0351. The maximum atomic E-state index is 13.2. The van der Waals surface area contributed by atoms with Crippen molar-refractivity contribution in [3.63, 3.8) is 0 Å². The number of carbonyl (C=O) groups excluding carboxylic acids is 2. The number of fused-ring (bicyclic) bond motifs is 1. The molecule has 0 spiro atoms. The molecule has 0 saturated carbocycles. The number of aryl methyl sites for hydroxylation is 1. The highest BCUT2D eigenvalue weighted by atomic mass is 32.2. The van der Waals surface area contributed by atoms with E-state index in [1.54, 1.807) is 37.3 Å². The average Bonchev–Trinajstić information content (AvgIpc) is 3.05. The van der Waals surface area contributed by atoms with Gasteiger partial charge in [-0.2, -0.15) is 9.78 Å². The van der Waals surface area contributed by atoms with E-state index in [1.165, 1.54) is 26.4 Å². The van der Waals surface area contributed by atoms with E-state index in [9.17, 15) is 18.0 Å². The second kappa shape index (κ2) is 8.58. The minimum atomic E-state index is -4.05. The lowest BCUT2D eigenvalue weighted by Gasteiger charge is -2.14. The Kier molecular flexibility index (Phi) is 5.81. The van der Waals surface area contributed by atoms with Gasteiger partial charge in [0.25, 0.3) is 10.0 Å². The maximum Gasteiger partial charge on any atom is 0.265 e. The van der Waals surface area contributed by atoms with Gasteiger partial charge in [-0.05, 0) is 48.9 Å². The highest BCUT2D eigenvalue weighted by molar-refractivity contribution is 7.92. The summed E-state index contributed by atoms with van der Waals surface area (Å²) in [5, 5.41) is 6.98. The molecule has 1 aromatic heterocycles. The van der Waals surface area contributed by atoms with E-state index in [1.807, 2.05) is 0 Å². The van der Waals surface area contributed by atoms with Crippen LogP contribution in [0.25, 0.3) is 11.1 Å². The van der Waals surface area contributed by atoms with Gasteiger partial charge >= 0.3 is 0 Å². The predicted molar refractivity (Wildman–Crippen MR) is 121 cm³/mol. The molecule has 10 nitrogen and oxygen atoms in total. The highest BCUT2D eigenvalue weighted by Crippen LogP contribution is 2.37. The number of anilines is 2. The number of sulfonamides is 1. The van der Waals surface area contributed by atoms with Crippen molar-refractivity contribution < 1.29 is 27.5 Å². The Hall–Kier alpha value is -3.86. The molecule has 11 heteroatoms. The standard InChI is InChI=1S/C22H22N4O6S/c1-13-21(22-23-19(27)10-11-20(28)26(22)24-13)14-4-9-17(32-3)18(12-14)33(29,30)25-15-5-7-16(31-2)8-6-15/h4-9,12,25H,10-11H2,1-3H3,(H,23,27). The molecule has 0 atom stereocenters. The van der Waals surface area contributed by atoms with Crippen molar-refractivity contribution in [1.82, 2.24) is 9.78 Å². The van der Waals surface area contributed by atoms with Crippen molar-refractivity contribution in [2.75, 3.05) is 24.3 Å². The summed E-state index contributed by atoms with van der Waals surface area (Å²) in [5.41, 5.74) is 1.73. The first-order valence-corrected chi connectivity index (χ1v) is 11.5. The number of aromatic nitrogens is 2. The van der Waals surface area contributed by atoms with Crippen LogP contribution in [0.5, 0.6) is 11.5 Å². The number of nitrogens with zero attached hydrogens (tertiary/aromatic N) is 2. The molecule has 2 N–H and O–H groups in total. The molecule has 3 aromatic rings. The van der Waals surface area contributed by atoms with Crippen molar-refractivity contribution >= 4 is 33.3 Å². The fraction of sp³-hybridized carbons (Fsp3) is 0.227. The van der Waals surface area contributed by atoms with Crippen molar-refractivity contribution in [3.8, 4) is 22.6 Å². The van der Waals surface area contributed by atoms with Gasteiger partial charge in [0.1, 0.15) is 22.2 Å². The fourth-order valence-electron chi connectivity index (χ4n) is 3.60. The van der Waals surface area contributed by atoms with Gasteiger partial charge in [-0.3, -0.25) is 14.3 Å². The largest absolute Gasteiger partial charge is 0.497 e. The molecular formula is C22H22N4O6S. The summed E-state index contributed by atoms with van der Waals surface area (Å²) in [7, 11) is -1.16. The third-order valence-corrected chi connectivity index (χ3v) is 6.61. The molecule has 0 fully saturated rings. The lowest BCUT2D eigenvalue weighted by Crippen LogP contribution is -2.14. The van der Waals surface area contributed by atoms with Crippen LogP contribution in [-0.4, -0.2) is 44.2 Å². The number of hydrogen-bond donors (Lipinski definition) is 2. The molecule has 2 aromatic carbocycles. The van der Waals surface area contributed by atoms with Crippen LogP contribution in [-0.2, 0) is 14.8 Å². The lowest BCUT2D eigenvalue weighted by molar-refractivity contribution is -0.116. The van der Waals surface area contributed by atoms with E-state index in [0.29, 0.717) is 28.3 Å². The van der Waals surface area contributed by atoms with Crippen LogP contribution in [0, 0.1) is 6.92 Å². The van der Waals surface area contributed by atoms with E-state index in [4.69, 9.17) is 9.47 Å². The molecule has 0 aliphatic carbocycles. The fourth-order valence-corrected chi connectivity index (χ4v) is 4.86. The third kappa shape index (κ3) is 4.27. The lowest BCUT2D eigenvalue weighted by atomic mass is 10.1. The van der Waals surface area contributed by atoms with Gasteiger partial charge in [-0.15, -0.1) is 0 Å². The van der Waals surface area contributed by atoms with Gasteiger partial charge in [0.2, 0.25) is 11.8 Å². The second-order valence-corrected chi connectivity index (χ2v) is 9.01. The van der Waals surface area contributed by atoms with Gasteiger partial charge in [0.05, 0.1) is 19.9 Å². The Bertz CT molecular complexity index is 1350. The molecule has 0 unspecified atom stereocenters. The molecule has 33 heavy (non-hydrogen) atoms. The second-order valence-electron chi connectivity index (χ2n) is 7.36. The summed E-state index contributed by atoms with van der Waals surface area (Å²) in [6.45, 7) is 1.68. The van der Waals surface area contributed by atoms with E-state index >= 15 is 0 Å². The van der Waals surface area contributed by atoms with Crippen LogP contribution < -0.4 is 19.5 Å². The summed E-state index contributed by atoms with van der Waals surface area (Å²) in [6.07, 6.45) is 0.0854. The Morgan fingerprint density at radius 2 is 1.76 bits per heavy atom. The van der Waals surface area contributed by atoms with Crippen molar-refractivity contribution in [1.29, 1.82) is 0 Å². The minimum Gasteiger partial charge on any atom is -0.497 e. The molecule has 0 bridgehead atoms. The van der Waals surface area contributed by atoms with Gasteiger partial charge in [-0.1, -0.05) is 6.07 Å². The van der Waals surface area contributed by atoms with E-state index in [0.717, 1.165) is 4.68 Å². The van der Waals surface area contributed by atoms with E-state index in [2.05, 4.69) is 15.1 Å². The number of benzene rings is 2. The molecule has 1 aliphatic heterocycles. The number of hydrogen-bond acceptors (Lipinski definition) is 7. The van der Waals surface area contributed by atoms with Crippen LogP contribution >= 0.6 is 0 Å². The van der Waals surface area contributed by atoms with Crippen LogP contribution in [0.15, 0.2) is 47.4 Å². The Labute approximate surface area is 190 Å². The predicted octanol–water partition coefficient (Wildman–Crippen LogP) is 3.05. The van der Waals surface area contributed by atoms with Gasteiger partial charge in [0.15, 0.2) is 0 Å². The SMILES string of the molecule is COc1ccc(NS(=O)(=O)c2cc(-c3c(C)nn4c3NC(=O)CCC4=O)ccc2OC)cc1. The highest BCUT2D eigenvalue weighted by Gasteiger charge is 2.28. The van der Waals surface area contributed by atoms with E-state index in [-0.39, 0.29) is 41.1 Å². The average molecular weight is 471 g/mol. The smallest absolute Gasteiger partial charge is 0.265 e. The van der Waals surface area contributed by atoms with Gasteiger partial charge in [0, 0.05) is 24.1 Å². The maximum absolute atomic E-state index is 13.2. The molecule has 172 valence electrons. The Morgan fingerprint density at radius 3 is 2.42 bits per heavy atom. The molecule has 0 saturated heterocycles. The number of rotatable bonds is 6. The number of nitrogens with one attached hydrogen (secondary N) is 2. The van der Waals surface area contributed by atoms with Crippen LogP contribution in [0.2, 0.25) is 0 Å². The van der Waals surface area contributed by atoms with Crippen molar-refractivity contribution in [3.05, 3.63) is 48.2 Å². The van der Waals surface area contributed by atoms with Gasteiger partial charge < -0.3 is 14.8 Å². The zero-order valence-electron chi connectivity index (χ0n) is 18.2. The molecular weight excluding hydrogens is 448 g/mol. The summed E-state index contributed by atoms with van der Waals surface area (Å²) >= 11 is 0. The zero-order chi connectivity index (χ0) is 23.8. The van der Waals surface area contributed by atoms with E-state index < -0.39 is 10.0 Å². The van der Waals surface area contributed by atoms with Crippen LogP contribution in [0.3, 0.4) is 0 Å². The topological polar surface area (TPSA) is 129 Å². The Balaban J connectivity index is 1.80. The summed E-state index contributed by atoms with van der Waals surface area (Å²) in [6, 6.07) is 11.0. The number of methoxy groups -OCH3 is 2. The molecule has 1 aliphatic rings. The van der Waals surface area contributed by atoms with Crippen molar-refractivity contribution in [2.24, 2.45) is 0 Å².